The molecule has 1 unspecified atom stereocenters. The van der Waals surface area contributed by atoms with E-state index in [1.165, 1.54) is 31.3 Å². The predicted octanol–water partition coefficient (Wildman–Crippen LogP) is 2.12. The van der Waals surface area contributed by atoms with Crippen LogP contribution in [0.25, 0.3) is 0 Å². The normalized spacial score (nSPS) is 22.6. The van der Waals surface area contributed by atoms with Gasteiger partial charge in [-0.15, -0.1) is 0 Å². The van der Waals surface area contributed by atoms with Gasteiger partial charge in [0, 0.05) is 12.6 Å². The van der Waals surface area contributed by atoms with Crippen molar-refractivity contribution in [3.63, 3.8) is 0 Å². The summed E-state index contributed by atoms with van der Waals surface area (Å²) in [5, 5.41) is 25.5. The number of carbonyl (C=O) groups excluding carboxylic acids is 2. The summed E-state index contributed by atoms with van der Waals surface area (Å²) in [7, 11) is -4.27. The minimum absolute atomic E-state index is 0.0234. The maximum absolute atomic E-state index is 13.7. The van der Waals surface area contributed by atoms with Gasteiger partial charge in [0.25, 0.3) is 0 Å². The Morgan fingerprint density at radius 3 is 2.55 bits per heavy atom. The average Bonchev–Trinajstić information content (AvgIpc) is 3.22. The second-order valence-electron chi connectivity index (χ2n) is 9.15. The monoisotopic (exact) mass is 577 g/mol. The van der Waals surface area contributed by atoms with Crippen molar-refractivity contribution in [3.05, 3.63) is 53.1 Å². The number of aromatic nitrogens is 2. The Bertz CT molecular complexity index is 1330. The van der Waals surface area contributed by atoms with Crippen LogP contribution in [0.2, 0.25) is 0 Å². The van der Waals surface area contributed by atoms with Crippen LogP contribution < -0.4 is 20.6 Å². The number of nitrogens with zero attached hydrogens (tertiary/aromatic N) is 3. The molecule has 1 aromatic heterocycles. The summed E-state index contributed by atoms with van der Waals surface area (Å²) in [5.74, 6) is -2.05. The van der Waals surface area contributed by atoms with Gasteiger partial charge in [-0.25, -0.2) is 9.36 Å². The maximum Gasteiger partial charge on any atom is 0.459 e. The van der Waals surface area contributed by atoms with E-state index in [-0.39, 0.29) is 23.9 Å². The SMILES string of the molecule is CCC(=O)Nc1ccn([C@@H]2O[C@H](COP(=O)(N[C@H](C)C(=O)OC(C)C)Oc3ccccc3)[C@@H](O)[C@@H]2C#N)c(=O)n1. The maximum atomic E-state index is 13.7. The molecule has 1 aromatic carbocycles. The lowest BCUT2D eigenvalue weighted by molar-refractivity contribution is -0.149. The smallest absolute Gasteiger partial charge is 0.459 e. The Hall–Kier alpha value is -3.60. The van der Waals surface area contributed by atoms with E-state index in [0.29, 0.717) is 0 Å². The number of esters is 1. The number of hydrogen-bond donors (Lipinski definition) is 3. The van der Waals surface area contributed by atoms with Crippen molar-refractivity contribution < 1.29 is 37.8 Å². The van der Waals surface area contributed by atoms with Crippen LogP contribution in [0.5, 0.6) is 5.75 Å². The number of nitrogens with one attached hydrogen (secondary N) is 2. The second-order valence-corrected chi connectivity index (χ2v) is 10.8. The van der Waals surface area contributed by atoms with E-state index in [4.69, 9.17) is 18.5 Å². The molecule has 14 nitrogen and oxygen atoms in total. The predicted molar refractivity (Wildman–Crippen MR) is 141 cm³/mol. The van der Waals surface area contributed by atoms with Gasteiger partial charge in [0.2, 0.25) is 5.91 Å². The molecule has 0 aliphatic carbocycles. The zero-order valence-corrected chi connectivity index (χ0v) is 23.3. The van der Waals surface area contributed by atoms with Crippen molar-refractivity contribution in [2.24, 2.45) is 5.92 Å². The number of para-hydroxylation sites is 1. The van der Waals surface area contributed by atoms with Crippen molar-refractivity contribution >= 4 is 25.4 Å². The Kier molecular flexibility index (Phi) is 10.6. The third-order valence-corrected chi connectivity index (χ3v) is 7.29. The van der Waals surface area contributed by atoms with Crippen LogP contribution in [-0.2, 0) is 28.2 Å². The van der Waals surface area contributed by atoms with Gasteiger partial charge >= 0.3 is 19.4 Å². The fraction of sp³-hybridized carbons (Fsp3) is 0.480. The zero-order valence-electron chi connectivity index (χ0n) is 22.4. The summed E-state index contributed by atoms with van der Waals surface area (Å²) in [6.45, 7) is 5.85. The molecule has 1 saturated heterocycles. The van der Waals surface area contributed by atoms with Crippen molar-refractivity contribution in [1.29, 1.82) is 5.26 Å². The van der Waals surface area contributed by atoms with Crippen molar-refractivity contribution in [2.45, 2.75) is 64.7 Å². The van der Waals surface area contributed by atoms with E-state index < -0.39 is 62.5 Å². The van der Waals surface area contributed by atoms with E-state index in [1.807, 2.05) is 6.07 Å². The molecule has 0 bridgehead atoms. The number of hydrogen-bond acceptors (Lipinski definition) is 11. The van der Waals surface area contributed by atoms with Gasteiger partial charge in [-0.05, 0) is 39.0 Å². The van der Waals surface area contributed by atoms with Gasteiger partial charge in [0.15, 0.2) is 6.23 Å². The number of aliphatic hydroxyl groups is 1. The Balaban J connectivity index is 1.78. The topological polar surface area (TPSA) is 191 Å². The van der Waals surface area contributed by atoms with Crippen molar-refractivity contribution in [2.75, 3.05) is 11.9 Å². The minimum atomic E-state index is -4.27. The number of rotatable bonds is 12. The largest absolute Gasteiger partial charge is 0.462 e. The molecule has 0 saturated carbocycles. The van der Waals surface area contributed by atoms with Gasteiger partial charge in [-0.2, -0.15) is 15.3 Å². The summed E-state index contributed by atoms with van der Waals surface area (Å²) in [6, 6.07) is 10.2. The fourth-order valence-corrected chi connectivity index (χ4v) is 5.18. The lowest BCUT2D eigenvalue weighted by atomic mass is 10.0. The van der Waals surface area contributed by atoms with E-state index in [2.05, 4.69) is 15.4 Å². The number of carbonyl (C=O) groups is 2. The molecule has 2 heterocycles. The summed E-state index contributed by atoms with van der Waals surface area (Å²) in [4.78, 5) is 40.3. The van der Waals surface area contributed by atoms with Crippen LogP contribution in [0, 0.1) is 17.2 Å². The molecule has 216 valence electrons. The first-order chi connectivity index (χ1) is 19.0. The summed E-state index contributed by atoms with van der Waals surface area (Å²) in [6.07, 6.45) is -2.87. The van der Waals surface area contributed by atoms with Crippen LogP contribution in [-0.4, -0.2) is 57.5 Å². The van der Waals surface area contributed by atoms with Crippen molar-refractivity contribution in [1.82, 2.24) is 14.6 Å². The molecule has 0 spiro atoms. The molecular weight excluding hydrogens is 545 g/mol. The lowest BCUT2D eigenvalue weighted by Crippen LogP contribution is -2.37. The van der Waals surface area contributed by atoms with Crippen LogP contribution >= 0.6 is 7.75 Å². The first-order valence-corrected chi connectivity index (χ1v) is 14.1. The highest BCUT2D eigenvalue weighted by Crippen LogP contribution is 2.46. The molecule has 1 amide bonds. The quantitative estimate of drug-likeness (QED) is 0.246. The molecule has 1 fully saturated rings. The molecule has 3 rings (SSSR count). The first-order valence-electron chi connectivity index (χ1n) is 12.6. The van der Waals surface area contributed by atoms with Gasteiger partial charge in [0.05, 0.1) is 18.8 Å². The highest BCUT2D eigenvalue weighted by molar-refractivity contribution is 7.52. The average molecular weight is 578 g/mol. The van der Waals surface area contributed by atoms with Gasteiger partial charge in [0.1, 0.15) is 35.7 Å². The van der Waals surface area contributed by atoms with Gasteiger partial charge in [-0.3, -0.25) is 18.7 Å². The Morgan fingerprint density at radius 1 is 1.25 bits per heavy atom. The molecule has 2 aromatic rings. The standard InChI is InChI=1S/C25H32N5O9P/c1-5-21(31)27-20-11-12-30(25(34)28-20)23-18(13-26)22(32)19(38-23)14-36-40(35,39-17-9-7-6-8-10-17)29-16(4)24(33)37-15(2)3/h6-12,15-16,18-19,22-23,32H,5,14H2,1-4H3,(H,29,35)(H,27,28,31,34)/t16-,18+,19-,22+,23-,40?/m1/s1. The van der Waals surface area contributed by atoms with E-state index in [1.54, 1.807) is 39.0 Å². The molecule has 1 aliphatic rings. The number of ether oxygens (including phenoxy) is 2. The second kappa shape index (κ2) is 13.6. The molecule has 15 heteroatoms. The third-order valence-electron chi connectivity index (χ3n) is 5.65. The van der Waals surface area contributed by atoms with Crippen LogP contribution in [0.15, 0.2) is 47.4 Å². The number of anilines is 1. The van der Waals surface area contributed by atoms with E-state index >= 15 is 0 Å². The summed E-state index contributed by atoms with van der Waals surface area (Å²) in [5.41, 5.74) is -0.829. The van der Waals surface area contributed by atoms with E-state index in [9.17, 15) is 29.3 Å². The Labute approximate surface area is 230 Å². The highest BCUT2D eigenvalue weighted by atomic mass is 31.2. The summed E-state index contributed by atoms with van der Waals surface area (Å²) < 4.78 is 36.8. The minimum Gasteiger partial charge on any atom is -0.462 e. The third kappa shape index (κ3) is 7.97. The number of benzene rings is 1. The zero-order chi connectivity index (χ0) is 29.4. The van der Waals surface area contributed by atoms with Gasteiger partial charge < -0.3 is 24.4 Å². The first kappa shape index (κ1) is 30.9. The molecular formula is C25H32N5O9P. The number of amides is 1. The van der Waals surface area contributed by atoms with Crippen LogP contribution in [0.3, 0.4) is 0 Å². The van der Waals surface area contributed by atoms with Crippen LogP contribution in [0.1, 0.15) is 40.3 Å². The summed E-state index contributed by atoms with van der Waals surface area (Å²) >= 11 is 0. The Morgan fingerprint density at radius 2 is 1.95 bits per heavy atom. The number of aliphatic hydroxyl groups excluding tert-OH is 1. The van der Waals surface area contributed by atoms with E-state index in [0.717, 1.165) is 4.57 Å². The molecule has 1 aliphatic heterocycles. The molecule has 3 N–H and O–H groups in total. The molecule has 6 atom stereocenters. The fourth-order valence-electron chi connectivity index (χ4n) is 3.67. The highest BCUT2D eigenvalue weighted by Gasteiger charge is 2.47. The van der Waals surface area contributed by atoms with Crippen LogP contribution in [0.4, 0.5) is 5.82 Å². The van der Waals surface area contributed by atoms with Crippen molar-refractivity contribution in [3.8, 4) is 11.8 Å². The van der Waals surface area contributed by atoms with Gasteiger partial charge in [-0.1, -0.05) is 25.1 Å². The lowest BCUT2D eigenvalue weighted by Gasteiger charge is -2.25. The molecule has 40 heavy (non-hydrogen) atoms. The molecule has 0 radical (unpaired) electrons. The number of nitriles is 1.